The molecular weight excluding hydrogens is 384 g/mol. The highest BCUT2D eigenvalue weighted by atomic mass is 16.1. The van der Waals surface area contributed by atoms with Crippen LogP contribution in [0.2, 0.25) is 0 Å². The van der Waals surface area contributed by atoms with Crippen molar-refractivity contribution in [2.45, 2.75) is 0 Å². The second-order valence-electron chi connectivity index (χ2n) is 6.44. The molecule has 0 fully saturated rings. The van der Waals surface area contributed by atoms with E-state index in [2.05, 4.69) is 35.6 Å². The van der Waals surface area contributed by atoms with Gasteiger partial charge >= 0.3 is 0 Å². The molecule has 10 heteroatoms. The lowest BCUT2D eigenvalue weighted by molar-refractivity contribution is 0.102. The summed E-state index contributed by atoms with van der Waals surface area (Å²) in [5.74, 6) is 0.342. The summed E-state index contributed by atoms with van der Waals surface area (Å²) in [5, 5.41) is 14.1. The molecule has 0 unspecified atom stereocenters. The predicted octanol–water partition coefficient (Wildman–Crippen LogP) is 2.15. The number of fused-ring (bicyclic) bond motifs is 1. The summed E-state index contributed by atoms with van der Waals surface area (Å²) in [5.41, 5.74) is 2.81. The van der Waals surface area contributed by atoms with Crippen molar-refractivity contribution >= 4 is 22.6 Å². The molecule has 5 aromatic rings. The Morgan fingerprint density at radius 2 is 1.93 bits per heavy atom. The SMILES string of the molecule is O=C(Nc1ccc(-n2ncc3c(=O)[nH]cnc32)cc1)c1cccc(-c2ncn[nH]2)c1. The molecule has 0 spiro atoms. The monoisotopic (exact) mass is 398 g/mol. The lowest BCUT2D eigenvalue weighted by atomic mass is 10.1. The third kappa shape index (κ3) is 3.11. The largest absolute Gasteiger partial charge is 0.322 e. The molecule has 0 aliphatic rings. The fraction of sp³-hybridized carbons (Fsp3) is 0. The zero-order chi connectivity index (χ0) is 20.5. The van der Waals surface area contributed by atoms with Crippen molar-refractivity contribution in [3.63, 3.8) is 0 Å². The van der Waals surface area contributed by atoms with E-state index in [4.69, 9.17) is 0 Å². The topological polar surface area (TPSA) is 134 Å². The van der Waals surface area contributed by atoms with Crippen LogP contribution in [0.1, 0.15) is 10.4 Å². The minimum Gasteiger partial charge on any atom is -0.322 e. The van der Waals surface area contributed by atoms with Crippen LogP contribution in [-0.2, 0) is 0 Å². The van der Waals surface area contributed by atoms with Crippen LogP contribution >= 0.6 is 0 Å². The van der Waals surface area contributed by atoms with Crippen LogP contribution < -0.4 is 10.9 Å². The van der Waals surface area contributed by atoms with E-state index < -0.39 is 0 Å². The van der Waals surface area contributed by atoms with Crippen LogP contribution in [0.15, 0.2) is 72.2 Å². The van der Waals surface area contributed by atoms with E-state index in [1.54, 1.807) is 47.1 Å². The Bertz CT molecular complexity index is 1400. The summed E-state index contributed by atoms with van der Waals surface area (Å²) >= 11 is 0. The van der Waals surface area contributed by atoms with Gasteiger partial charge in [0.15, 0.2) is 11.5 Å². The zero-order valence-corrected chi connectivity index (χ0v) is 15.4. The van der Waals surface area contributed by atoms with Crippen molar-refractivity contribution in [3.8, 4) is 17.1 Å². The minimum absolute atomic E-state index is 0.248. The highest BCUT2D eigenvalue weighted by molar-refractivity contribution is 6.04. The summed E-state index contributed by atoms with van der Waals surface area (Å²) in [6, 6.07) is 14.2. The van der Waals surface area contributed by atoms with Crippen molar-refractivity contribution in [2.75, 3.05) is 5.32 Å². The summed E-state index contributed by atoms with van der Waals surface area (Å²) in [4.78, 5) is 35.3. The molecule has 0 aliphatic carbocycles. The molecule has 0 saturated carbocycles. The van der Waals surface area contributed by atoms with Crippen LogP contribution in [-0.4, -0.2) is 40.8 Å². The van der Waals surface area contributed by atoms with Gasteiger partial charge in [-0.2, -0.15) is 10.2 Å². The lowest BCUT2D eigenvalue weighted by Crippen LogP contribution is -2.12. The Morgan fingerprint density at radius 3 is 2.73 bits per heavy atom. The molecule has 0 bridgehead atoms. The molecule has 10 nitrogen and oxygen atoms in total. The first-order valence-corrected chi connectivity index (χ1v) is 8.98. The van der Waals surface area contributed by atoms with Gasteiger partial charge in [-0.15, -0.1) is 0 Å². The summed E-state index contributed by atoms with van der Waals surface area (Å²) in [6.07, 6.45) is 4.22. The molecular formula is C20H14N8O2. The predicted molar refractivity (Wildman–Crippen MR) is 109 cm³/mol. The summed E-state index contributed by atoms with van der Waals surface area (Å²) in [7, 11) is 0. The standard InChI is InChI=1S/C20H14N8O2/c29-19(13-3-1-2-12(8-13)17-21-11-24-27-17)26-14-4-6-15(7-5-14)28-18-16(9-25-28)20(30)23-10-22-18/h1-11H,(H,26,29)(H,21,24,27)(H,22,23,30). The van der Waals surface area contributed by atoms with Crippen LogP contribution in [0, 0.1) is 0 Å². The number of aromatic amines is 2. The molecule has 3 heterocycles. The van der Waals surface area contributed by atoms with Crippen molar-refractivity contribution in [3.05, 3.63) is 83.3 Å². The number of carbonyl (C=O) groups is 1. The van der Waals surface area contributed by atoms with Gasteiger partial charge in [0.25, 0.3) is 11.5 Å². The number of aromatic nitrogens is 7. The number of nitrogens with zero attached hydrogens (tertiary/aromatic N) is 5. The first-order valence-electron chi connectivity index (χ1n) is 8.98. The Balaban J connectivity index is 1.37. The fourth-order valence-corrected chi connectivity index (χ4v) is 3.09. The van der Waals surface area contributed by atoms with Crippen molar-refractivity contribution in [2.24, 2.45) is 0 Å². The normalized spacial score (nSPS) is 10.9. The van der Waals surface area contributed by atoms with Crippen LogP contribution in [0.4, 0.5) is 5.69 Å². The fourth-order valence-electron chi connectivity index (χ4n) is 3.09. The number of carbonyl (C=O) groups excluding carboxylic acids is 1. The van der Waals surface area contributed by atoms with E-state index in [-0.39, 0.29) is 11.5 Å². The molecule has 5 rings (SSSR count). The van der Waals surface area contributed by atoms with Gasteiger partial charge in [-0.05, 0) is 36.4 Å². The Kier molecular flexibility index (Phi) is 4.14. The number of H-pyrrole nitrogens is 2. The number of rotatable bonds is 4. The molecule has 3 N–H and O–H groups in total. The number of hydrogen-bond acceptors (Lipinski definition) is 6. The van der Waals surface area contributed by atoms with Crippen LogP contribution in [0.25, 0.3) is 28.1 Å². The van der Waals surface area contributed by atoms with Gasteiger partial charge in [0.1, 0.15) is 11.7 Å². The van der Waals surface area contributed by atoms with Gasteiger partial charge < -0.3 is 10.3 Å². The van der Waals surface area contributed by atoms with E-state index in [1.165, 1.54) is 18.9 Å². The van der Waals surface area contributed by atoms with Crippen molar-refractivity contribution in [1.82, 2.24) is 34.9 Å². The van der Waals surface area contributed by atoms with Gasteiger partial charge in [0.2, 0.25) is 0 Å². The summed E-state index contributed by atoms with van der Waals surface area (Å²) in [6.45, 7) is 0. The third-order valence-electron chi connectivity index (χ3n) is 4.55. The summed E-state index contributed by atoms with van der Waals surface area (Å²) < 4.78 is 1.57. The average Bonchev–Trinajstić information content (AvgIpc) is 3.45. The lowest BCUT2D eigenvalue weighted by Gasteiger charge is -2.08. The maximum absolute atomic E-state index is 12.6. The Morgan fingerprint density at radius 1 is 1.07 bits per heavy atom. The van der Waals surface area contributed by atoms with Gasteiger partial charge in [-0.1, -0.05) is 12.1 Å². The van der Waals surface area contributed by atoms with E-state index in [0.717, 1.165) is 5.56 Å². The molecule has 30 heavy (non-hydrogen) atoms. The molecule has 2 aromatic carbocycles. The Hall–Kier alpha value is -4.60. The van der Waals surface area contributed by atoms with Gasteiger partial charge in [-0.3, -0.25) is 14.7 Å². The average molecular weight is 398 g/mol. The number of amides is 1. The zero-order valence-electron chi connectivity index (χ0n) is 15.4. The molecule has 3 aromatic heterocycles. The van der Waals surface area contributed by atoms with Crippen molar-refractivity contribution < 1.29 is 4.79 Å². The number of hydrogen-bond donors (Lipinski definition) is 3. The van der Waals surface area contributed by atoms with Gasteiger partial charge in [0.05, 0.1) is 18.2 Å². The Labute approximate surface area is 168 Å². The van der Waals surface area contributed by atoms with E-state index in [9.17, 15) is 9.59 Å². The van der Waals surface area contributed by atoms with Crippen LogP contribution in [0.3, 0.4) is 0 Å². The number of anilines is 1. The minimum atomic E-state index is -0.248. The second kappa shape index (κ2) is 7.09. The second-order valence-corrected chi connectivity index (χ2v) is 6.44. The first-order chi connectivity index (χ1) is 14.7. The third-order valence-corrected chi connectivity index (χ3v) is 4.55. The maximum atomic E-state index is 12.6. The van der Waals surface area contributed by atoms with Crippen LogP contribution in [0.5, 0.6) is 0 Å². The molecule has 1 amide bonds. The number of benzene rings is 2. The molecule has 0 saturated heterocycles. The van der Waals surface area contributed by atoms with Gasteiger partial charge in [-0.25, -0.2) is 14.6 Å². The van der Waals surface area contributed by atoms with E-state index in [1.807, 2.05) is 6.07 Å². The highest BCUT2D eigenvalue weighted by Crippen LogP contribution is 2.19. The molecule has 0 aliphatic heterocycles. The smallest absolute Gasteiger partial charge is 0.261 e. The van der Waals surface area contributed by atoms with Gasteiger partial charge in [0, 0.05) is 16.8 Å². The molecule has 146 valence electrons. The highest BCUT2D eigenvalue weighted by Gasteiger charge is 2.11. The first kappa shape index (κ1) is 17.5. The van der Waals surface area contributed by atoms with E-state index >= 15 is 0 Å². The maximum Gasteiger partial charge on any atom is 0.261 e. The number of nitrogens with one attached hydrogen (secondary N) is 3. The van der Waals surface area contributed by atoms with E-state index in [0.29, 0.717) is 33.8 Å². The van der Waals surface area contributed by atoms with Crippen molar-refractivity contribution in [1.29, 1.82) is 0 Å². The molecule has 0 atom stereocenters. The quantitative estimate of drug-likeness (QED) is 0.425. The molecule has 0 radical (unpaired) electrons.